The second-order valence-corrected chi connectivity index (χ2v) is 5.11. The maximum Gasteiger partial charge on any atom is 0.326 e. The number of hydrogen-bond donors (Lipinski definition) is 3. The number of halogens is 2. The van der Waals surface area contributed by atoms with Gasteiger partial charge in [0, 0.05) is 6.54 Å². The normalized spacial score (nSPS) is 11.8. The van der Waals surface area contributed by atoms with E-state index in [0.29, 0.717) is 22.9 Å². The molecule has 0 fully saturated rings. The van der Waals surface area contributed by atoms with Crippen molar-refractivity contribution in [3.8, 4) is 0 Å². The Kier molecular flexibility index (Phi) is 6.44. The topological polar surface area (TPSA) is 78.4 Å². The van der Waals surface area contributed by atoms with Crippen molar-refractivity contribution in [3.63, 3.8) is 0 Å². The van der Waals surface area contributed by atoms with Crippen LogP contribution in [-0.2, 0) is 11.3 Å². The summed E-state index contributed by atoms with van der Waals surface area (Å²) in [6.45, 7) is 2.02. The fraction of sp³-hybridized carbons (Fsp3) is 0.385. The SMILES string of the molecule is CCCC(NC(=O)NCc1ccc(F)c(Br)c1)C(=O)O. The number of hydrogen-bond acceptors (Lipinski definition) is 2. The monoisotopic (exact) mass is 346 g/mol. The molecule has 1 aromatic carbocycles. The van der Waals surface area contributed by atoms with Crippen molar-refractivity contribution in [1.82, 2.24) is 10.6 Å². The molecule has 1 aromatic rings. The standard InChI is InChI=1S/C13H16BrFN2O3/c1-2-3-11(12(18)19)17-13(20)16-7-8-4-5-10(15)9(14)6-8/h4-6,11H,2-3,7H2,1H3,(H,18,19)(H2,16,17,20). The number of carboxylic acid groups (broad SMARTS) is 1. The number of aliphatic carboxylic acids is 1. The molecule has 0 aromatic heterocycles. The van der Waals surface area contributed by atoms with Gasteiger partial charge in [0.1, 0.15) is 11.9 Å². The van der Waals surface area contributed by atoms with E-state index in [2.05, 4.69) is 26.6 Å². The lowest BCUT2D eigenvalue weighted by molar-refractivity contribution is -0.139. The van der Waals surface area contributed by atoms with Gasteiger partial charge in [-0.15, -0.1) is 0 Å². The maximum absolute atomic E-state index is 13.0. The molecule has 20 heavy (non-hydrogen) atoms. The summed E-state index contributed by atoms with van der Waals surface area (Å²) in [5.41, 5.74) is 0.704. The lowest BCUT2D eigenvalue weighted by Crippen LogP contribution is -2.45. The van der Waals surface area contributed by atoms with Crippen molar-refractivity contribution in [1.29, 1.82) is 0 Å². The van der Waals surface area contributed by atoms with Crippen LogP contribution in [0.2, 0.25) is 0 Å². The third kappa shape index (κ3) is 5.16. The van der Waals surface area contributed by atoms with Gasteiger partial charge in [-0.05, 0) is 40.0 Å². The highest BCUT2D eigenvalue weighted by Crippen LogP contribution is 2.16. The minimum absolute atomic E-state index is 0.184. The van der Waals surface area contributed by atoms with E-state index >= 15 is 0 Å². The van der Waals surface area contributed by atoms with Crippen LogP contribution < -0.4 is 10.6 Å². The third-order valence-corrected chi connectivity index (χ3v) is 3.23. The highest BCUT2D eigenvalue weighted by molar-refractivity contribution is 9.10. The summed E-state index contributed by atoms with van der Waals surface area (Å²) in [7, 11) is 0. The van der Waals surface area contributed by atoms with Gasteiger partial charge < -0.3 is 15.7 Å². The highest BCUT2D eigenvalue weighted by Gasteiger charge is 2.18. The first kappa shape index (κ1) is 16.4. The molecule has 0 radical (unpaired) electrons. The Labute approximate surface area is 124 Å². The molecule has 7 heteroatoms. The predicted octanol–water partition coefficient (Wildman–Crippen LogP) is 2.64. The Bertz CT molecular complexity index is 497. The van der Waals surface area contributed by atoms with Crippen molar-refractivity contribution in [2.24, 2.45) is 0 Å². The van der Waals surface area contributed by atoms with E-state index in [-0.39, 0.29) is 12.4 Å². The summed E-state index contributed by atoms with van der Waals surface area (Å²) in [6, 6.07) is 2.92. The molecule has 1 atom stereocenters. The van der Waals surface area contributed by atoms with E-state index in [9.17, 15) is 14.0 Å². The van der Waals surface area contributed by atoms with Crippen LogP contribution >= 0.6 is 15.9 Å². The number of carbonyl (C=O) groups excluding carboxylic acids is 1. The van der Waals surface area contributed by atoms with Gasteiger partial charge in [-0.1, -0.05) is 19.4 Å². The minimum atomic E-state index is -1.06. The van der Waals surface area contributed by atoms with Gasteiger partial charge in [0.25, 0.3) is 0 Å². The van der Waals surface area contributed by atoms with E-state index in [1.807, 2.05) is 6.92 Å². The second-order valence-electron chi connectivity index (χ2n) is 4.25. The Morgan fingerprint density at radius 2 is 2.15 bits per heavy atom. The minimum Gasteiger partial charge on any atom is -0.480 e. The fourth-order valence-corrected chi connectivity index (χ4v) is 2.01. The number of nitrogens with one attached hydrogen (secondary N) is 2. The first-order valence-corrected chi connectivity index (χ1v) is 6.94. The van der Waals surface area contributed by atoms with Crippen LogP contribution in [0, 0.1) is 5.82 Å². The lowest BCUT2D eigenvalue weighted by atomic mass is 10.2. The molecular weight excluding hydrogens is 331 g/mol. The van der Waals surface area contributed by atoms with Crippen LogP contribution in [0.15, 0.2) is 22.7 Å². The van der Waals surface area contributed by atoms with Crippen LogP contribution in [0.3, 0.4) is 0 Å². The Hall–Kier alpha value is -1.63. The first-order chi connectivity index (χ1) is 9.43. The number of carboxylic acids is 1. The molecule has 0 spiro atoms. The van der Waals surface area contributed by atoms with Gasteiger partial charge >= 0.3 is 12.0 Å². The Morgan fingerprint density at radius 3 is 2.70 bits per heavy atom. The summed E-state index contributed by atoms with van der Waals surface area (Å²) < 4.78 is 13.3. The Balaban J connectivity index is 2.50. The zero-order valence-electron chi connectivity index (χ0n) is 11.0. The molecule has 0 heterocycles. The Morgan fingerprint density at radius 1 is 1.45 bits per heavy atom. The molecule has 0 aliphatic carbocycles. The van der Waals surface area contributed by atoms with Gasteiger partial charge in [0.05, 0.1) is 4.47 Å². The third-order valence-electron chi connectivity index (χ3n) is 2.62. The molecule has 0 aliphatic heterocycles. The van der Waals surface area contributed by atoms with Crippen molar-refractivity contribution in [2.45, 2.75) is 32.4 Å². The molecule has 110 valence electrons. The van der Waals surface area contributed by atoms with Crippen LogP contribution in [0.1, 0.15) is 25.3 Å². The van der Waals surface area contributed by atoms with E-state index in [1.165, 1.54) is 6.07 Å². The fourth-order valence-electron chi connectivity index (χ4n) is 1.59. The zero-order valence-corrected chi connectivity index (χ0v) is 12.5. The average Bonchev–Trinajstić information content (AvgIpc) is 2.39. The van der Waals surface area contributed by atoms with Crippen molar-refractivity contribution >= 4 is 27.9 Å². The quantitative estimate of drug-likeness (QED) is 0.740. The van der Waals surface area contributed by atoms with Crippen LogP contribution in [0.5, 0.6) is 0 Å². The second kappa shape index (κ2) is 7.84. The van der Waals surface area contributed by atoms with E-state index in [1.54, 1.807) is 12.1 Å². The first-order valence-electron chi connectivity index (χ1n) is 6.15. The summed E-state index contributed by atoms with van der Waals surface area (Å²) in [5, 5.41) is 13.8. The van der Waals surface area contributed by atoms with Crippen molar-refractivity contribution in [3.05, 3.63) is 34.1 Å². The van der Waals surface area contributed by atoms with E-state index in [4.69, 9.17) is 5.11 Å². The van der Waals surface area contributed by atoms with Crippen molar-refractivity contribution in [2.75, 3.05) is 0 Å². The molecule has 2 amide bonds. The van der Waals surface area contributed by atoms with Crippen molar-refractivity contribution < 1.29 is 19.1 Å². The van der Waals surface area contributed by atoms with Gasteiger partial charge in [-0.25, -0.2) is 14.0 Å². The average molecular weight is 347 g/mol. The number of rotatable bonds is 6. The van der Waals surface area contributed by atoms with E-state index < -0.39 is 18.0 Å². The number of carbonyl (C=O) groups is 2. The smallest absolute Gasteiger partial charge is 0.326 e. The summed E-state index contributed by atoms with van der Waals surface area (Å²) in [5.74, 6) is -1.45. The molecule has 1 unspecified atom stereocenters. The molecular formula is C13H16BrFN2O3. The molecule has 0 saturated heterocycles. The number of amides is 2. The number of urea groups is 1. The molecule has 0 saturated carbocycles. The predicted molar refractivity (Wildman–Crippen MR) is 75.8 cm³/mol. The molecule has 5 nitrogen and oxygen atoms in total. The molecule has 3 N–H and O–H groups in total. The van der Waals surface area contributed by atoms with Gasteiger partial charge in [0.15, 0.2) is 0 Å². The summed E-state index contributed by atoms with van der Waals surface area (Å²) >= 11 is 3.05. The molecule has 0 aliphatic rings. The van der Waals surface area contributed by atoms with Gasteiger partial charge in [-0.3, -0.25) is 0 Å². The summed E-state index contributed by atoms with van der Waals surface area (Å²) in [4.78, 5) is 22.5. The number of benzene rings is 1. The lowest BCUT2D eigenvalue weighted by Gasteiger charge is -2.14. The van der Waals surface area contributed by atoms with Crippen LogP contribution in [0.25, 0.3) is 0 Å². The molecule has 0 bridgehead atoms. The summed E-state index contributed by atoms with van der Waals surface area (Å²) in [6.07, 6.45) is 1.02. The highest BCUT2D eigenvalue weighted by atomic mass is 79.9. The zero-order chi connectivity index (χ0) is 15.1. The van der Waals surface area contributed by atoms with Gasteiger partial charge in [0.2, 0.25) is 0 Å². The van der Waals surface area contributed by atoms with Crippen LogP contribution in [-0.4, -0.2) is 23.1 Å². The largest absolute Gasteiger partial charge is 0.480 e. The van der Waals surface area contributed by atoms with Crippen LogP contribution in [0.4, 0.5) is 9.18 Å². The molecule has 1 rings (SSSR count). The maximum atomic E-state index is 13.0. The van der Waals surface area contributed by atoms with E-state index in [0.717, 1.165) is 0 Å². The van der Waals surface area contributed by atoms with Gasteiger partial charge in [-0.2, -0.15) is 0 Å².